The Balaban J connectivity index is 1.52. The number of nitrogens with one attached hydrogen (secondary N) is 1. The second-order valence-corrected chi connectivity index (χ2v) is 7.51. The molecule has 0 aliphatic carbocycles. The summed E-state index contributed by atoms with van der Waals surface area (Å²) in [5.74, 6) is 1.76. The second-order valence-electron chi connectivity index (χ2n) is 7.51. The van der Waals surface area contributed by atoms with Crippen LogP contribution in [0.5, 0.6) is 11.5 Å². The van der Waals surface area contributed by atoms with Crippen molar-refractivity contribution in [1.29, 1.82) is 0 Å². The highest BCUT2D eigenvalue weighted by molar-refractivity contribution is 5.78. The van der Waals surface area contributed by atoms with Gasteiger partial charge in [0.1, 0.15) is 0 Å². The molecule has 0 bridgehead atoms. The van der Waals surface area contributed by atoms with E-state index < -0.39 is 0 Å². The molecule has 0 spiro atoms. The van der Waals surface area contributed by atoms with E-state index in [1.54, 1.807) is 19.2 Å². The number of para-hydroxylation sites is 2. The molecular formula is C23H30N2O3. The summed E-state index contributed by atoms with van der Waals surface area (Å²) in [6.45, 7) is 6.49. The van der Waals surface area contributed by atoms with Gasteiger partial charge in [0, 0.05) is 18.8 Å². The number of benzene rings is 2. The van der Waals surface area contributed by atoms with Gasteiger partial charge in [-0.05, 0) is 55.5 Å². The lowest BCUT2D eigenvalue weighted by Gasteiger charge is -2.33. The number of methoxy groups -OCH3 is 1. The van der Waals surface area contributed by atoms with Crippen LogP contribution in [0.3, 0.4) is 0 Å². The quantitative estimate of drug-likeness (QED) is 0.780. The first-order valence-corrected chi connectivity index (χ1v) is 9.97. The van der Waals surface area contributed by atoms with E-state index in [0.29, 0.717) is 11.5 Å². The predicted octanol–water partition coefficient (Wildman–Crippen LogP) is 4.19. The van der Waals surface area contributed by atoms with Crippen LogP contribution >= 0.6 is 0 Å². The number of hydrogen-bond donors (Lipinski definition) is 1. The summed E-state index contributed by atoms with van der Waals surface area (Å²) in [6, 6.07) is 15.7. The second kappa shape index (κ2) is 9.49. The monoisotopic (exact) mass is 382 g/mol. The smallest absolute Gasteiger partial charge is 0.258 e. The average molecular weight is 383 g/mol. The van der Waals surface area contributed by atoms with Gasteiger partial charge in [-0.3, -0.25) is 4.79 Å². The number of piperidine rings is 1. The lowest BCUT2D eigenvalue weighted by atomic mass is 9.99. The molecule has 3 rings (SSSR count). The van der Waals surface area contributed by atoms with E-state index in [0.717, 1.165) is 24.6 Å². The first-order chi connectivity index (χ1) is 13.6. The highest BCUT2D eigenvalue weighted by Crippen LogP contribution is 2.26. The van der Waals surface area contributed by atoms with Crippen LogP contribution in [-0.2, 0) is 4.79 Å². The van der Waals surface area contributed by atoms with Gasteiger partial charge in [0.25, 0.3) is 5.91 Å². The van der Waals surface area contributed by atoms with E-state index in [9.17, 15) is 4.79 Å². The van der Waals surface area contributed by atoms with E-state index >= 15 is 0 Å². The number of carbonyl (C=O) groups is 1. The molecule has 2 unspecified atom stereocenters. The van der Waals surface area contributed by atoms with Gasteiger partial charge >= 0.3 is 0 Å². The van der Waals surface area contributed by atoms with Gasteiger partial charge in [-0.2, -0.15) is 0 Å². The standard InChI is InChI=1S/C23H30N2O3/c1-17-7-6-14-25(15-17)20-12-10-19(11-13-20)18(2)24-23(26)16-28-22-9-5-4-8-21(22)27-3/h4-5,8-13,17-18H,6-7,14-16H2,1-3H3,(H,24,26). The van der Waals surface area contributed by atoms with Crippen LogP contribution in [0.4, 0.5) is 5.69 Å². The molecule has 2 aromatic carbocycles. The number of hydrogen-bond acceptors (Lipinski definition) is 4. The molecule has 0 aromatic heterocycles. The Morgan fingerprint density at radius 3 is 2.57 bits per heavy atom. The van der Waals surface area contributed by atoms with Crippen molar-refractivity contribution in [3.8, 4) is 11.5 Å². The fourth-order valence-electron chi connectivity index (χ4n) is 3.65. The van der Waals surface area contributed by atoms with Gasteiger partial charge in [-0.1, -0.05) is 31.2 Å². The molecule has 1 saturated heterocycles. The topological polar surface area (TPSA) is 50.8 Å². The van der Waals surface area contributed by atoms with E-state index in [1.807, 2.05) is 19.1 Å². The zero-order chi connectivity index (χ0) is 19.9. The van der Waals surface area contributed by atoms with Gasteiger partial charge in [0.2, 0.25) is 0 Å². The number of nitrogens with zero attached hydrogens (tertiary/aromatic N) is 1. The van der Waals surface area contributed by atoms with Crippen LogP contribution in [0.15, 0.2) is 48.5 Å². The van der Waals surface area contributed by atoms with Gasteiger partial charge in [0.05, 0.1) is 13.2 Å². The zero-order valence-electron chi connectivity index (χ0n) is 17.0. The number of ether oxygens (including phenoxy) is 2. The maximum atomic E-state index is 12.3. The summed E-state index contributed by atoms with van der Waals surface area (Å²) in [7, 11) is 1.58. The van der Waals surface area contributed by atoms with Crippen LogP contribution < -0.4 is 19.7 Å². The van der Waals surface area contributed by atoms with Crippen LogP contribution in [0.25, 0.3) is 0 Å². The molecule has 2 aromatic rings. The van der Waals surface area contributed by atoms with Crippen molar-refractivity contribution in [3.63, 3.8) is 0 Å². The summed E-state index contributed by atoms with van der Waals surface area (Å²) in [4.78, 5) is 14.7. The Morgan fingerprint density at radius 1 is 1.18 bits per heavy atom. The van der Waals surface area contributed by atoms with Crippen LogP contribution in [0.2, 0.25) is 0 Å². The SMILES string of the molecule is COc1ccccc1OCC(=O)NC(C)c1ccc(N2CCCC(C)C2)cc1. The number of rotatable bonds is 7. The third-order valence-corrected chi connectivity index (χ3v) is 5.22. The molecule has 150 valence electrons. The Morgan fingerprint density at radius 2 is 1.89 bits per heavy atom. The molecule has 1 aliphatic rings. The van der Waals surface area contributed by atoms with Gasteiger partial charge in [-0.15, -0.1) is 0 Å². The molecule has 0 saturated carbocycles. The lowest BCUT2D eigenvalue weighted by molar-refractivity contribution is -0.123. The Hall–Kier alpha value is -2.69. The van der Waals surface area contributed by atoms with Crippen molar-refractivity contribution in [2.45, 2.75) is 32.7 Å². The Bertz CT molecular complexity index is 776. The third kappa shape index (κ3) is 5.18. The summed E-state index contributed by atoms with van der Waals surface area (Å²) >= 11 is 0. The van der Waals surface area contributed by atoms with Gasteiger partial charge in [-0.25, -0.2) is 0 Å². The molecule has 2 atom stereocenters. The minimum absolute atomic E-state index is 0.0472. The predicted molar refractivity (Wildman–Crippen MR) is 112 cm³/mol. The molecular weight excluding hydrogens is 352 g/mol. The minimum Gasteiger partial charge on any atom is -0.493 e. The highest BCUT2D eigenvalue weighted by Gasteiger charge is 2.17. The summed E-state index contributed by atoms with van der Waals surface area (Å²) in [5.41, 5.74) is 2.34. The molecule has 1 amide bonds. The average Bonchev–Trinajstić information content (AvgIpc) is 2.72. The van der Waals surface area contributed by atoms with Crippen molar-refractivity contribution in [1.82, 2.24) is 5.32 Å². The van der Waals surface area contributed by atoms with Crippen LogP contribution in [0, 0.1) is 5.92 Å². The molecule has 28 heavy (non-hydrogen) atoms. The van der Waals surface area contributed by atoms with Crippen molar-refractivity contribution >= 4 is 11.6 Å². The summed E-state index contributed by atoms with van der Waals surface area (Å²) < 4.78 is 10.8. The van der Waals surface area contributed by atoms with E-state index in [1.165, 1.54) is 18.5 Å². The van der Waals surface area contributed by atoms with Gasteiger partial charge in [0.15, 0.2) is 18.1 Å². The van der Waals surface area contributed by atoms with Crippen molar-refractivity contribution in [3.05, 3.63) is 54.1 Å². The molecule has 5 heteroatoms. The first-order valence-electron chi connectivity index (χ1n) is 9.97. The van der Waals surface area contributed by atoms with Crippen molar-refractivity contribution in [2.75, 3.05) is 31.7 Å². The highest BCUT2D eigenvalue weighted by atomic mass is 16.5. The third-order valence-electron chi connectivity index (χ3n) is 5.22. The van der Waals surface area contributed by atoms with Crippen LogP contribution in [-0.4, -0.2) is 32.7 Å². The summed E-state index contributed by atoms with van der Waals surface area (Å²) in [5, 5.41) is 2.99. The van der Waals surface area contributed by atoms with E-state index in [-0.39, 0.29) is 18.6 Å². The normalized spacial score (nSPS) is 17.7. The molecule has 1 N–H and O–H groups in total. The molecule has 1 fully saturated rings. The molecule has 0 radical (unpaired) electrons. The largest absolute Gasteiger partial charge is 0.493 e. The van der Waals surface area contributed by atoms with E-state index in [2.05, 4.69) is 41.4 Å². The number of carbonyl (C=O) groups excluding carboxylic acids is 1. The number of anilines is 1. The Labute approximate surface area is 167 Å². The maximum Gasteiger partial charge on any atom is 0.258 e. The van der Waals surface area contributed by atoms with Gasteiger partial charge < -0.3 is 19.7 Å². The van der Waals surface area contributed by atoms with Crippen molar-refractivity contribution in [2.24, 2.45) is 5.92 Å². The first kappa shape index (κ1) is 20.1. The lowest BCUT2D eigenvalue weighted by Crippen LogP contribution is -2.34. The van der Waals surface area contributed by atoms with Crippen LogP contribution in [0.1, 0.15) is 38.3 Å². The van der Waals surface area contributed by atoms with Crippen molar-refractivity contribution < 1.29 is 14.3 Å². The Kier molecular flexibility index (Phi) is 6.80. The number of amides is 1. The zero-order valence-corrected chi connectivity index (χ0v) is 17.0. The molecule has 1 heterocycles. The minimum atomic E-state index is -0.160. The molecule has 5 nitrogen and oxygen atoms in total. The maximum absolute atomic E-state index is 12.3. The van der Waals surface area contributed by atoms with E-state index in [4.69, 9.17) is 9.47 Å². The fraction of sp³-hybridized carbons (Fsp3) is 0.435. The fourth-order valence-corrected chi connectivity index (χ4v) is 3.65. The molecule has 1 aliphatic heterocycles. The summed E-state index contributed by atoms with van der Waals surface area (Å²) in [6.07, 6.45) is 2.57.